The van der Waals surface area contributed by atoms with Gasteiger partial charge in [-0.15, -0.1) is 6.58 Å². The van der Waals surface area contributed by atoms with Crippen molar-refractivity contribution < 1.29 is 9.47 Å². The van der Waals surface area contributed by atoms with Crippen LogP contribution in [0, 0.1) is 0 Å². The number of nitrogens with zero attached hydrogens (tertiary/aromatic N) is 4. The predicted octanol–water partition coefficient (Wildman–Crippen LogP) is 4.57. The van der Waals surface area contributed by atoms with Crippen molar-refractivity contribution in [3.63, 3.8) is 0 Å². The van der Waals surface area contributed by atoms with Gasteiger partial charge in [0.1, 0.15) is 22.8 Å². The lowest BCUT2D eigenvalue weighted by Gasteiger charge is -2.41. The van der Waals surface area contributed by atoms with Crippen molar-refractivity contribution in [2.75, 3.05) is 26.3 Å². The van der Waals surface area contributed by atoms with Crippen LogP contribution in [0.3, 0.4) is 0 Å². The number of hydrogen-bond donors (Lipinski definition) is 0. The molecule has 0 N–H and O–H groups in total. The molecule has 3 heterocycles. The monoisotopic (exact) mass is 494 g/mol. The van der Waals surface area contributed by atoms with Gasteiger partial charge in [0.15, 0.2) is 0 Å². The molecule has 1 saturated heterocycles. The highest BCUT2D eigenvalue weighted by Crippen LogP contribution is 2.29. The Bertz CT molecular complexity index is 1230. The van der Waals surface area contributed by atoms with E-state index in [-0.39, 0.29) is 16.8 Å². The molecule has 0 spiro atoms. The summed E-state index contributed by atoms with van der Waals surface area (Å²) in [6, 6.07) is 10.0. The Kier molecular flexibility index (Phi) is 7.46. The second-order valence-corrected chi connectivity index (χ2v) is 9.63. The lowest BCUT2D eigenvalue weighted by Crippen LogP contribution is -2.46. The number of pyridine rings is 1. The Morgan fingerprint density at radius 1 is 1.14 bits per heavy atom. The van der Waals surface area contributed by atoms with Crippen LogP contribution in [-0.4, -0.2) is 57.9 Å². The minimum Gasteiger partial charge on any atom is -0.490 e. The van der Waals surface area contributed by atoms with E-state index in [1.54, 1.807) is 16.7 Å². The van der Waals surface area contributed by atoms with Crippen LogP contribution in [0.1, 0.15) is 37.9 Å². The number of ether oxygens (including phenoxy) is 2. The van der Waals surface area contributed by atoms with Gasteiger partial charge in [-0.05, 0) is 56.0 Å². The molecule has 1 aromatic carbocycles. The fraction of sp³-hybridized carbons (Fsp3) is 0.444. The lowest BCUT2D eigenvalue weighted by atomic mass is 9.90. The van der Waals surface area contributed by atoms with Gasteiger partial charge in [-0.1, -0.05) is 24.1 Å². The molecule has 2 aliphatic rings. The summed E-state index contributed by atoms with van der Waals surface area (Å²) < 4.78 is 13.5. The van der Waals surface area contributed by atoms with Crippen LogP contribution in [0.25, 0.3) is 16.6 Å². The fourth-order valence-corrected chi connectivity index (χ4v) is 5.01. The van der Waals surface area contributed by atoms with Crippen LogP contribution in [-0.2, 0) is 11.2 Å². The Labute approximate surface area is 210 Å². The average molecular weight is 495 g/mol. The Hall–Kier alpha value is -2.74. The van der Waals surface area contributed by atoms with Gasteiger partial charge in [0.25, 0.3) is 5.56 Å². The van der Waals surface area contributed by atoms with E-state index in [2.05, 4.69) is 16.5 Å². The number of likely N-dealkylation sites (tertiary alicyclic amines) is 1. The number of halogens is 1. The van der Waals surface area contributed by atoms with Gasteiger partial charge in [-0.25, -0.2) is 9.97 Å². The molecular weight excluding hydrogens is 464 g/mol. The van der Waals surface area contributed by atoms with Gasteiger partial charge in [0.2, 0.25) is 0 Å². The number of aromatic nitrogens is 3. The van der Waals surface area contributed by atoms with E-state index in [1.807, 2.05) is 24.3 Å². The zero-order valence-corrected chi connectivity index (χ0v) is 20.6. The Morgan fingerprint density at radius 3 is 2.60 bits per heavy atom. The highest BCUT2D eigenvalue weighted by atomic mass is 35.5. The molecule has 7 nitrogen and oxygen atoms in total. The number of fused-ring (bicyclic) bond motifs is 1. The van der Waals surface area contributed by atoms with Gasteiger partial charge in [0.05, 0.1) is 36.0 Å². The van der Waals surface area contributed by atoms with Gasteiger partial charge in [-0.2, -0.15) is 0 Å². The van der Waals surface area contributed by atoms with E-state index in [0.717, 1.165) is 43.4 Å². The topological polar surface area (TPSA) is 69.5 Å². The maximum atomic E-state index is 13.5. The van der Waals surface area contributed by atoms with Gasteiger partial charge >= 0.3 is 0 Å². The van der Waals surface area contributed by atoms with Crippen molar-refractivity contribution >= 4 is 22.5 Å². The third-order valence-corrected chi connectivity index (χ3v) is 7.17. The molecule has 0 atom stereocenters. The molecule has 35 heavy (non-hydrogen) atoms. The van der Waals surface area contributed by atoms with Crippen LogP contribution in [0.15, 0.2) is 54.0 Å². The molecule has 1 saturated carbocycles. The summed E-state index contributed by atoms with van der Waals surface area (Å²) in [7, 11) is 0. The first-order valence-electron chi connectivity index (χ1n) is 12.4. The third kappa shape index (κ3) is 5.42. The van der Waals surface area contributed by atoms with Crippen LogP contribution in [0.4, 0.5) is 0 Å². The first-order chi connectivity index (χ1) is 17.1. The largest absolute Gasteiger partial charge is 0.490 e. The molecule has 0 unspecified atom stereocenters. The first kappa shape index (κ1) is 24.0. The van der Waals surface area contributed by atoms with E-state index in [9.17, 15) is 4.79 Å². The summed E-state index contributed by atoms with van der Waals surface area (Å²) >= 11 is 6.06. The van der Waals surface area contributed by atoms with Crippen molar-refractivity contribution in [3.05, 3.63) is 70.5 Å². The summed E-state index contributed by atoms with van der Waals surface area (Å²) in [6.45, 7) is 6.76. The van der Waals surface area contributed by atoms with Crippen molar-refractivity contribution in [3.8, 4) is 11.4 Å². The SMILES string of the molecule is C=CCOCCc1nc2cnc(Cl)cc2c(=O)n1-c1ccc(OC2CCN(C3CCC3)CC2)cc1. The van der Waals surface area contributed by atoms with Gasteiger partial charge in [-0.3, -0.25) is 9.36 Å². The summed E-state index contributed by atoms with van der Waals surface area (Å²) in [5.41, 5.74) is 1.06. The van der Waals surface area contributed by atoms with Crippen LogP contribution in [0.5, 0.6) is 5.75 Å². The van der Waals surface area contributed by atoms with Gasteiger partial charge < -0.3 is 14.4 Å². The molecule has 3 aromatic rings. The second-order valence-electron chi connectivity index (χ2n) is 9.24. The quantitative estimate of drug-likeness (QED) is 0.246. The summed E-state index contributed by atoms with van der Waals surface area (Å²) in [5, 5.41) is 0.691. The highest BCUT2D eigenvalue weighted by Gasteiger charge is 2.29. The number of benzene rings is 1. The smallest absolute Gasteiger partial charge is 0.266 e. The highest BCUT2D eigenvalue weighted by molar-refractivity contribution is 6.30. The molecule has 184 valence electrons. The Balaban J connectivity index is 1.35. The van der Waals surface area contributed by atoms with E-state index < -0.39 is 0 Å². The molecule has 2 aromatic heterocycles. The third-order valence-electron chi connectivity index (χ3n) is 6.96. The van der Waals surface area contributed by atoms with Crippen molar-refractivity contribution in [1.29, 1.82) is 0 Å². The zero-order valence-electron chi connectivity index (χ0n) is 19.9. The van der Waals surface area contributed by atoms with Gasteiger partial charge in [0, 0.05) is 25.6 Å². The van der Waals surface area contributed by atoms with Crippen LogP contribution >= 0.6 is 11.6 Å². The van der Waals surface area contributed by atoms with E-state index in [4.69, 9.17) is 26.1 Å². The molecule has 8 heteroatoms. The molecule has 5 rings (SSSR count). The molecule has 0 radical (unpaired) electrons. The van der Waals surface area contributed by atoms with Crippen LogP contribution < -0.4 is 10.3 Å². The van der Waals surface area contributed by atoms with E-state index in [1.165, 1.54) is 25.5 Å². The Morgan fingerprint density at radius 2 is 1.91 bits per heavy atom. The zero-order chi connectivity index (χ0) is 24.2. The molecule has 2 fully saturated rings. The first-order valence-corrected chi connectivity index (χ1v) is 12.8. The lowest BCUT2D eigenvalue weighted by molar-refractivity contribution is 0.0493. The summed E-state index contributed by atoms with van der Waals surface area (Å²) in [5.74, 6) is 1.42. The van der Waals surface area contributed by atoms with E-state index in [0.29, 0.717) is 36.4 Å². The maximum Gasteiger partial charge on any atom is 0.266 e. The summed E-state index contributed by atoms with van der Waals surface area (Å²) in [4.78, 5) is 24.9. The van der Waals surface area contributed by atoms with E-state index >= 15 is 0 Å². The number of hydrogen-bond acceptors (Lipinski definition) is 6. The second kappa shape index (κ2) is 10.9. The molecule has 1 aliphatic heterocycles. The van der Waals surface area contributed by atoms with Crippen molar-refractivity contribution in [1.82, 2.24) is 19.4 Å². The average Bonchev–Trinajstić information content (AvgIpc) is 2.83. The molecule has 0 amide bonds. The number of rotatable bonds is 9. The normalized spacial score (nSPS) is 17.4. The standard InChI is InChI=1S/C27H31ClN4O3/c1-2-15-34-16-12-26-30-24-18-29-25(28)17-23(24)27(33)32(26)20-6-8-21(9-7-20)35-22-10-13-31(14-11-22)19-4-3-5-19/h2,6-9,17-19,22H,1,3-5,10-16H2. The minimum atomic E-state index is -0.185. The molecule has 0 bridgehead atoms. The fourth-order valence-electron chi connectivity index (χ4n) is 4.85. The minimum absolute atomic E-state index is 0.185. The molecular formula is C27H31ClN4O3. The maximum absolute atomic E-state index is 13.5. The van der Waals surface area contributed by atoms with Crippen molar-refractivity contribution in [2.45, 2.75) is 50.7 Å². The number of piperidine rings is 1. The molecule has 1 aliphatic carbocycles. The predicted molar refractivity (Wildman–Crippen MR) is 138 cm³/mol. The summed E-state index contributed by atoms with van der Waals surface area (Å²) in [6.07, 6.45) is 10.1. The van der Waals surface area contributed by atoms with Crippen molar-refractivity contribution in [2.24, 2.45) is 0 Å². The van der Waals surface area contributed by atoms with Crippen LogP contribution in [0.2, 0.25) is 5.15 Å².